The molecule has 128 valence electrons. The fraction of sp³-hybridized carbons (Fsp3) is 0.471. The number of amides is 1. The van der Waals surface area contributed by atoms with E-state index in [1.165, 1.54) is 0 Å². The molecule has 0 spiro atoms. The van der Waals surface area contributed by atoms with Crippen molar-refractivity contribution < 1.29 is 14.6 Å². The molecule has 1 saturated carbocycles. The normalized spacial score (nSPS) is 23.2. The molecule has 0 bridgehead atoms. The van der Waals surface area contributed by atoms with Gasteiger partial charge in [0.25, 0.3) is 5.91 Å². The van der Waals surface area contributed by atoms with E-state index in [1.807, 2.05) is 6.92 Å². The molecule has 1 N–H and O–H groups in total. The topological polar surface area (TPSA) is 80.5 Å². The third-order valence-corrected chi connectivity index (χ3v) is 4.47. The summed E-state index contributed by atoms with van der Waals surface area (Å²) in [7, 11) is 1.71. The molecule has 0 radical (unpaired) electrons. The van der Waals surface area contributed by atoms with Crippen molar-refractivity contribution in [2.24, 2.45) is 0 Å². The van der Waals surface area contributed by atoms with Gasteiger partial charge in [0.1, 0.15) is 18.0 Å². The Balaban J connectivity index is 1.65. The summed E-state index contributed by atoms with van der Waals surface area (Å²) in [5.74, 6) is 0.487. The maximum atomic E-state index is 12.6. The summed E-state index contributed by atoms with van der Waals surface area (Å²) in [6.07, 6.45) is 6.88. The SMILES string of the molecule is CCn1cc(C(=O)N(C)[C@@H]2CC[C@@H](Oc3cccnc3)[C@@H]2O)cn1. The number of rotatable bonds is 5. The number of nitrogens with zero attached hydrogens (tertiary/aromatic N) is 4. The Morgan fingerprint density at radius 2 is 2.29 bits per heavy atom. The fourth-order valence-electron chi connectivity index (χ4n) is 3.07. The van der Waals surface area contributed by atoms with Crippen LogP contribution in [-0.4, -0.2) is 56.0 Å². The Kier molecular flexibility index (Phi) is 4.80. The quantitative estimate of drug-likeness (QED) is 0.895. The van der Waals surface area contributed by atoms with Crippen molar-refractivity contribution in [3.63, 3.8) is 0 Å². The summed E-state index contributed by atoms with van der Waals surface area (Å²) in [5, 5.41) is 14.7. The van der Waals surface area contributed by atoms with Gasteiger partial charge in [0.05, 0.1) is 24.0 Å². The second-order valence-corrected chi connectivity index (χ2v) is 5.98. The van der Waals surface area contributed by atoms with E-state index in [2.05, 4.69) is 10.1 Å². The number of aliphatic hydroxyl groups excluding tert-OH is 1. The first kappa shape index (κ1) is 16.4. The van der Waals surface area contributed by atoms with Crippen LogP contribution in [0.2, 0.25) is 0 Å². The molecule has 2 aromatic rings. The van der Waals surface area contributed by atoms with Gasteiger partial charge in [-0.3, -0.25) is 14.5 Å². The van der Waals surface area contributed by atoms with E-state index in [0.29, 0.717) is 30.7 Å². The summed E-state index contributed by atoms with van der Waals surface area (Å²) in [6.45, 7) is 2.68. The van der Waals surface area contributed by atoms with Crippen LogP contribution in [0.5, 0.6) is 5.75 Å². The van der Waals surface area contributed by atoms with Crippen LogP contribution in [0.4, 0.5) is 0 Å². The number of pyridine rings is 1. The van der Waals surface area contributed by atoms with Gasteiger partial charge >= 0.3 is 0 Å². The standard InChI is InChI=1S/C17H22N4O3/c1-3-21-11-12(9-19-21)17(23)20(2)14-6-7-15(16(14)22)24-13-5-4-8-18-10-13/h4-5,8-11,14-16,22H,3,6-7H2,1-2H3/t14-,15-,16-/m1/s1. The van der Waals surface area contributed by atoms with Crippen LogP contribution in [-0.2, 0) is 6.54 Å². The first-order chi connectivity index (χ1) is 11.6. The predicted octanol–water partition coefficient (Wildman–Crippen LogP) is 1.34. The van der Waals surface area contributed by atoms with Crippen LogP contribution >= 0.6 is 0 Å². The summed E-state index contributed by atoms with van der Waals surface area (Å²) in [5.41, 5.74) is 0.531. The third-order valence-electron chi connectivity index (χ3n) is 4.47. The van der Waals surface area contributed by atoms with Crippen LogP contribution in [0.15, 0.2) is 36.9 Å². The van der Waals surface area contributed by atoms with E-state index in [0.717, 1.165) is 0 Å². The summed E-state index contributed by atoms with van der Waals surface area (Å²) < 4.78 is 7.52. The first-order valence-corrected chi connectivity index (χ1v) is 8.14. The van der Waals surface area contributed by atoms with Gasteiger partial charge in [0.2, 0.25) is 0 Å². The number of carbonyl (C=O) groups excluding carboxylic acids is 1. The number of aromatic nitrogens is 3. The van der Waals surface area contributed by atoms with Crippen LogP contribution in [0, 0.1) is 0 Å². The Labute approximate surface area is 140 Å². The van der Waals surface area contributed by atoms with E-state index in [4.69, 9.17) is 4.74 Å². The van der Waals surface area contributed by atoms with Gasteiger partial charge < -0.3 is 14.7 Å². The zero-order valence-corrected chi connectivity index (χ0v) is 13.9. The molecule has 7 nitrogen and oxygen atoms in total. The maximum Gasteiger partial charge on any atom is 0.257 e. The molecule has 1 fully saturated rings. The van der Waals surface area contributed by atoms with Gasteiger partial charge in [0.15, 0.2) is 0 Å². The van der Waals surface area contributed by atoms with Gasteiger partial charge in [-0.1, -0.05) is 0 Å². The zero-order valence-electron chi connectivity index (χ0n) is 13.9. The van der Waals surface area contributed by atoms with Crippen molar-refractivity contribution in [3.8, 4) is 5.75 Å². The van der Waals surface area contributed by atoms with Gasteiger partial charge in [-0.2, -0.15) is 5.10 Å². The lowest BCUT2D eigenvalue weighted by molar-refractivity contribution is 0.0165. The number of likely N-dealkylation sites (N-methyl/N-ethyl adjacent to an activating group) is 1. The number of hydrogen-bond acceptors (Lipinski definition) is 5. The molecule has 3 atom stereocenters. The largest absolute Gasteiger partial charge is 0.486 e. The number of aryl methyl sites for hydroxylation is 1. The molecule has 1 amide bonds. The minimum atomic E-state index is -0.736. The number of carbonyl (C=O) groups is 1. The van der Waals surface area contributed by atoms with E-state index in [9.17, 15) is 9.90 Å². The van der Waals surface area contributed by atoms with Crippen LogP contribution in [0.25, 0.3) is 0 Å². The minimum Gasteiger partial charge on any atom is -0.486 e. The van der Waals surface area contributed by atoms with Gasteiger partial charge in [-0.05, 0) is 31.9 Å². The van der Waals surface area contributed by atoms with E-state index >= 15 is 0 Å². The molecule has 0 aromatic carbocycles. The number of hydrogen-bond donors (Lipinski definition) is 1. The van der Waals surface area contributed by atoms with E-state index < -0.39 is 6.10 Å². The Morgan fingerprint density at radius 1 is 1.46 bits per heavy atom. The van der Waals surface area contributed by atoms with Crippen molar-refractivity contribution in [1.82, 2.24) is 19.7 Å². The number of ether oxygens (including phenoxy) is 1. The Morgan fingerprint density at radius 3 is 2.96 bits per heavy atom. The highest BCUT2D eigenvalue weighted by Gasteiger charge is 2.40. The zero-order chi connectivity index (χ0) is 17.1. The molecular weight excluding hydrogens is 308 g/mol. The molecule has 24 heavy (non-hydrogen) atoms. The van der Waals surface area contributed by atoms with Gasteiger partial charge in [-0.25, -0.2) is 0 Å². The first-order valence-electron chi connectivity index (χ1n) is 8.14. The summed E-state index contributed by atoms with van der Waals surface area (Å²) >= 11 is 0. The van der Waals surface area contributed by atoms with Crippen LogP contribution in [0.3, 0.4) is 0 Å². The third kappa shape index (κ3) is 3.26. The summed E-state index contributed by atoms with van der Waals surface area (Å²) in [4.78, 5) is 18.2. The molecule has 2 aromatic heterocycles. The van der Waals surface area contributed by atoms with Crippen molar-refractivity contribution in [3.05, 3.63) is 42.5 Å². The molecule has 0 unspecified atom stereocenters. The lowest BCUT2D eigenvalue weighted by Crippen LogP contribution is -2.45. The molecule has 0 saturated heterocycles. The average molecular weight is 330 g/mol. The van der Waals surface area contributed by atoms with Crippen molar-refractivity contribution >= 4 is 5.91 Å². The second kappa shape index (κ2) is 7.00. The monoisotopic (exact) mass is 330 g/mol. The molecule has 1 aliphatic carbocycles. The maximum absolute atomic E-state index is 12.6. The van der Waals surface area contributed by atoms with Gasteiger partial charge in [0, 0.05) is 26.0 Å². The minimum absolute atomic E-state index is 0.138. The molecule has 0 aliphatic heterocycles. The lowest BCUT2D eigenvalue weighted by atomic mass is 10.1. The van der Waals surface area contributed by atoms with Gasteiger partial charge in [-0.15, -0.1) is 0 Å². The van der Waals surface area contributed by atoms with Crippen LogP contribution < -0.4 is 4.74 Å². The highest BCUT2D eigenvalue weighted by molar-refractivity contribution is 5.93. The lowest BCUT2D eigenvalue weighted by Gasteiger charge is -2.28. The van der Waals surface area contributed by atoms with E-state index in [-0.39, 0.29) is 18.1 Å². The fourth-order valence-corrected chi connectivity index (χ4v) is 3.07. The predicted molar refractivity (Wildman–Crippen MR) is 87.7 cm³/mol. The van der Waals surface area contributed by atoms with Crippen molar-refractivity contribution in [2.45, 2.75) is 44.6 Å². The second-order valence-electron chi connectivity index (χ2n) is 5.98. The number of aliphatic hydroxyl groups is 1. The molecule has 2 heterocycles. The Bertz CT molecular complexity index is 688. The smallest absolute Gasteiger partial charge is 0.257 e. The van der Waals surface area contributed by atoms with Crippen LogP contribution in [0.1, 0.15) is 30.1 Å². The molecule has 1 aliphatic rings. The average Bonchev–Trinajstić information content (AvgIpc) is 3.22. The highest BCUT2D eigenvalue weighted by atomic mass is 16.5. The van der Waals surface area contributed by atoms with Crippen molar-refractivity contribution in [2.75, 3.05) is 7.05 Å². The molecule has 3 rings (SSSR count). The Hall–Kier alpha value is -2.41. The molecule has 7 heteroatoms. The van der Waals surface area contributed by atoms with E-state index in [1.54, 1.807) is 53.5 Å². The highest BCUT2D eigenvalue weighted by Crippen LogP contribution is 2.28. The summed E-state index contributed by atoms with van der Waals surface area (Å²) in [6, 6.07) is 3.32. The van der Waals surface area contributed by atoms with Crippen molar-refractivity contribution in [1.29, 1.82) is 0 Å². The molecular formula is C17H22N4O3.